The van der Waals surface area contributed by atoms with Crippen LogP contribution in [0.5, 0.6) is 0 Å². The first-order chi connectivity index (χ1) is 40.0. The molecule has 81 heavy (non-hydrogen) atoms. The highest BCUT2D eigenvalue weighted by Crippen LogP contribution is 2.18. The van der Waals surface area contributed by atoms with Crippen molar-refractivity contribution in [2.45, 2.75) is 374 Å². The van der Waals surface area contributed by atoms with Gasteiger partial charge in [0.15, 0.2) is 6.10 Å². The first-order valence-electron chi connectivity index (χ1n) is 35.4. The molecule has 0 spiro atoms. The molecule has 6 nitrogen and oxygen atoms in total. The number of hydrogen-bond donors (Lipinski definition) is 0. The number of carbonyl (C=O) groups excluding carboxylic acids is 3. The van der Waals surface area contributed by atoms with Crippen LogP contribution in [0.1, 0.15) is 367 Å². The zero-order valence-electron chi connectivity index (χ0n) is 54.1. The number of esters is 3. The van der Waals surface area contributed by atoms with E-state index in [0.29, 0.717) is 19.3 Å². The minimum atomic E-state index is -0.776. The Morgan fingerprint density at radius 3 is 0.790 bits per heavy atom. The van der Waals surface area contributed by atoms with Gasteiger partial charge in [0.25, 0.3) is 0 Å². The van der Waals surface area contributed by atoms with Crippen LogP contribution in [0.25, 0.3) is 0 Å². The Kier molecular flexibility index (Phi) is 66.6. The van der Waals surface area contributed by atoms with Crippen molar-refractivity contribution in [1.29, 1.82) is 0 Å². The monoisotopic (exact) mass is 1130 g/mol. The summed E-state index contributed by atoms with van der Waals surface area (Å²) >= 11 is 0. The van der Waals surface area contributed by atoms with E-state index >= 15 is 0 Å². The second-order valence-corrected chi connectivity index (χ2v) is 23.8. The zero-order valence-corrected chi connectivity index (χ0v) is 54.1. The van der Waals surface area contributed by atoms with Gasteiger partial charge in [0, 0.05) is 19.3 Å². The van der Waals surface area contributed by atoms with Crippen LogP contribution in [-0.4, -0.2) is 37.2 Å². The van der Waals surface area contributed by atoms with E-state index in [1.54, 1.807) is 0 Å². The van der Waals surface area contributed by atoms with Crippen LogP contribution in [0.4, 0.5) is 0 Å². The predicted molar refractivity (Wildman–Crippen MR) is 353 cm³/mol. The Labute approximate surface area is 503 Å². The largest absolute Gasteiger partial charge is 0.462 e. The number of carbonyl (C=O) groups is 3. The first kappa shape index (κ1) is 77.9. The smallest absolute Gasteiger partial charge is 0.306 e. The summed E-state index contributed by atoms with van der Waals surface area (Å²) in [6.45, 7) is 6.55. The molecule has 0 N–H and O–H groups in total. The molecule has 0 aliphatic rings. The second-order valence-electron chi connectivity index (χ2n) is 23.8. The van der Waals surface area contributed by atoms with Crippen molar-refractivity contribution >= 4 is 17.9 Å². The topological polar surface area (TPSA) is 78.9 Å². The summed E-state index contributed by atoms with van der Waals surface area (Å²) in [7, 11) is 0. The van der Waals surface area contributed by atoms with Gasteiger partial charge in [-0.3, -0.25) is 14.4 Å². The number of hydrogen-bond acceptors (Lipinski definition) is 6. The average molecular weight is 1130 g/mol. The summed E-state index contributed by atoms with van der Waals surface area (Å²) < 4.78 is 17.0. The van der Waals surface area contributed by atoms with E-state index in [1.165, 1.54) is 231 Å². The second kappa shape index (κ2) is 69.3. The molecular formula is C75H134O6. The average Bonchev–Trinajstić information content (AvgIpc) is 3.47. The molecule has 0 aliphatic carbocycles. The third kappa shape index (κ3) is 67.5. The van der Waals surface area contributed by atoms with Crippen molar-refractivity contribution in [3.05, 3.63) is 72.9 Å². The van der Waals surface area contributed by atoms with Crippen molar-refractivity contribution in [2.24, 2.45) is 0 Å². The number of rotatable bonds is 65. The number of ether oxygens (including phenoxy) is 3. The van der Waals surface area contributed by atoms with E-state index in [4.69, 9.17) is 14.2 Å². The summed E-state index contributed by atoms with van der Waals surface area (Å²) in [6, 6.07) is 0. The molecule has 0 rings (SSSR count). The summed E-state index contributed by atoms with van der Waals surface area (Å²) in [4.78, 5) is 38.4. The molecule has 0 saturated carbocycles. The molecule has 1 unspecified atom stereocenters. The van der Waals surface area contributed by atoms with Crippen molar-refractivity contribution in [3.63, 3.8) is 0 Å². The maximum Gasteiger partial charge on any atom is 0.306 e. The lowest BCUT2D eigenvalue weighted by molar-refractivity contribution is -0.167. The van der Waals surface area contributed by atoms with E-state index in [9.17, 15) is 14.4 Å². The van der Waals surface area contributed by atoms with Gasteiger partial charge in [-0.2, -0.15) is 0 Å². The first-order valence-corrected chi connectivity index (χ1v) is 35.4. The van der Waals surface area contributed by atoms with Crippen LogP contribution in [0.3, 0.4) is 0 Å². The lowest BCUT2D eigenvalue weighted by atomic mass is 10.0. The summed E-state index contributed by atoms with van der Waals surface area (Å²) in [6.07, 6.45) is 90.8. The molecule has 0 aromatic rings. The Morgan fingerprint density at radius 2 is 0.481 bits per heavy atom. The maximum absolute atomic E-state index is 12.9. The normalized spacial score (nSPS) is 12.5. The highest BCUT2D eigenvalue weighted by atomic mass is 16.6. The Hall–Kier alpha value is -3.15. The molecule has 470 valence electrons. The standard InChI is InChI=1S/C75H134O6/c1-4-7-10-13-16-19-22-25-27-29-31-33-34-35-36-37-38-39-40-41-42-43-45-46-48-50-53-56-59-62-65-68-74(77)80-71-72(70-79-73(76)67-64-61-58-55-52-24-21-18-15-12-9-6-3)81-75(78)69-66-63-60-57-54-51-49-47-44-32-30-28-26-23-20-17-14-11-8-5-2/h7,10,16,18-19,21,25,27,31,33,35-36,72H,4-6,8-9,11-15,17,20,22-24,26,28-30,32,34,37-71H2,1-3H3/b10-7-,19-16-,21-18-,27-25-,33-31-,36-35-. The molecule has 0 aromatic heterocycles. The van der Waals surface area contributed by atoms with Gasteiger partial charge in [0.05, 0.1) is 0 Å². The predicted octanol–water partition coefficient (Wildman–Crippen LogP) is 24.4. The van der Waals surface area contributed by atoms with Crippen molar-refractivity contribution < 1.29 is 28.6 Å². The maximum atomic E-state index is 12.9. The minimum Gasteiger partial charge on any atom is -0.462 e. The van der Waals surface area contributed by atoms with Crippen molar-refractivity contribution in [2.75, 3.05) is 13.2 Å². The fraction of sp³-hybridized carbons (Fsp3) is 0.800. The van der Waals surface area contributed by atoms with Gasteiger partial charge >= 0.3 is 17.9 Å². The van der Waals surface area contributed by atoms with Crippen LogP contribution >= 0.6 is 0 Å². The molecule has 1 atom stereocenters. The van der Waals surface area contributed by atoms with Crippen LogP contribution < -0.4 is 0 Å². The quantitative estimate of drug-likeness (QED) is 0.0261. The van der Waals surface area contributed by atoms with Crippen molar-refractivity contribution in [1.82, 2.24) is 0 Å². The van der Waals surface area contributed by atoms with Gasteiger partial charge in [-0.05, 0) is 89.9 Å². The molecule has 0 bridgehead atoms. The van der Waals surface area contributed by atoms with Crippen LogP contribution in [0, 0.1) is 0 Å². The molecule has 6 heteroatoms. The van der Waals surface area contributed by atoms with E-state index in [-0.39, 0.29) is 31.1 Å². The lowest BCUT2D eigenvalue weighted by Crippen LogP contribution is -2.30. The summed E-state index contributed by atoms with van der Waals surface area (Å²) in [5.41, 5.74) is 0. The number of unbranched alkanes of at least 4 members (excludes halogenated alkanes) is 42. The lowest BCUT2D eigenvalue weighted by Gasteiger charge is -2.18. The van der Waals surface area contributed by atoms with E-state index in [0.717, 1.165) is 96.3 Å². The van der Waals surface area contributed by atoms with Gasteiger partial charge in [-0.1, -0.05) is 331 Å². The third-order valence-corrected chi connectivity index (χ3v) is 15.7. The van der Waals surface area contributed by atoms with E-state index in [1.807, 2.05) is 0 Å². The molecule has 0 heterocycles. The molecule has 0 aromatic carbocycles. The molecule has 0 amide bonds. The fourth-order valence-electron chi connectivity index (χ4n) is 10.4. The highest BCUT2D eigenvalue weighted by Gasteiger charge is 2.19. The highest BCUT2D eigenvalue weighted by molar-refractivity contribution is 5.71. The Bertz CT molecular complexity index is 1490. The fourth-order valence-corrected chi connectivity index (χ4v) is 10.4. The zero-order chi connectivity index (χ0) is 58.5. The third-order valence-electron chi connectivity index (χ3n) is 15.7. The minimum absolute atomic E-state index is 0.0728. The Morgan fingerprint density at radius 1 is 0.259 bits per heavy atom. The van der Waals surface area contributed by atoms with Crippen molar-refractivity contribution in [3.8, 4) is 0 Å². The Balaban J connectivity index is 4.18. The molecule has 0 aliphatic heterocycles. The van der Waals surface area contributed by atoms with Crippen LogP contribution in [0.15, 0.2) is 72.9 Å². The number of allylic oxidation sites excluding steroid dienone is 12. The van der Waals surface area contributed by atoms with Gasteiger partial charge in [0.1, 0.15) is 13.2 Å². The van der Waals surface area contributed by atoms with Gasteiger partial charge in [-0.15, -0.1) is 0 Å². The summed E-state index contributed by atoms with van der Waals surface area (Å²) in [5, 5.41) is 0. The molecular weight excluding hydrogens is 997 g/mol. The van der Waals surface area contributed by atoms with Gasteiger partial charge in [-0.25, -0.2) is 0 Å². The summed E-state index contributed by atoms with van der Waals surface area (Å²) in [5.74, 6) is -0.859. The molecule has 0 radical (unpaired) electrons. The van der Waals surface area contributed by atoms with Gasteiger partial charge < -0.3 is 14.2 Å². The van der Waals surface area contributed by atoms with Crippen LogP contribution in [-0.2, 0) is 28.6 Å². The van der Waals surface area contributed by atoms with Gasteiger partial charge in [0.2, 0.25) is 0 Å². The SMILES string of the molecule is CC/C=C\C/C=C\C/C=C\C/C=C\C/C=C\CCCCCCCCCCCCCCCCCC(=O)OCC(COC(=O)CCCCCCC/C=C\CCCCC)OC(=O)CCCCCCCCCCCCCCCCCCCCCC. The van der Waals surface area contributed by atoms with E-state index in [2.05, 4.69) is 93.7 Å². The molecule has 0 fully saturated rings. The van der Waals surface area contributed by atoms with Crippen LogP contribution in [0.2, 0.25) is 0 Å². The molecule has 0 saturated heterocycles. The van der Waals surface area contributed by atoms with E-state index < -0.39 is 6.10 Å².